The Kier molecular flexibility index (Phi) is 12.2. The molecule has 0 saturated heterocycles. The van der Waals surface area contributed by atoms with E-state index < -0.39 is 45.5 Å². The number of hydrogen-bond donors (Lipinski definition) is 3. The largest absolute Gasteiger partial charge is 0.495 e. The molecule has 20 heteroatoms. The number of halogens is 1. The second kappa shape index (κ2) is 15.3. The molecule has 1 aromatic heterocycles. The highest BCUT2D eigenvalue weighted by Gasteiger charge is 2.27. The Hall–Kier alpha value is -4.35. The molecule has 0 spiro atoms. The van der Waals surface area contributed by atoms with Crippen LogP contribution >= 0.6 is 0 Å². The molecule has 1 heterocycles. The first kappa shape index (κ1) is 40.1. The first-order valence-electron chi connectivity index (χ1n) is 13.3. The average Bonchev–Trinajstić information content (AvgIpc) is 3.02. The SMILES string of the molecule is COc1ccc(-c2cc(-c3ccc(S(=O)(=O)O)cc3)[n+](-c3ccccc3)c(-c3ccc(S(=O)(=O)O)cc3)c2)cc1S(=O)(=O)O.O.[O-][Cl+3]([O-])([O-])[O-]. The smallest absolute Gasteiger partial charge is 0.298 e. The van der Waals surface area contributed by atoms with Gasteiger partial charge in [-0.05, 0) is 71.8 Å². The molecule has 0 radical (unpaired) electrons. The highest BCUT2D eigenvalue weighted by Crippen LogP contribution is 2.34. The number of methoxy groups -OCH3 is 1. The summed E-state index contributed by atoms with van der Waals surface area (Å²) in [5, 5.41) is 0. The lowest BCUT2D eigenvalue weighted by Gasteiger charge is -2.17. The minimum Gasteiger partial charge on any atom is -0.495 e. The van der Waals surface area contributed by atoms with Gasteiger partial charge in [-0.25, -0.2) is 18.6 Å². The maximum atomic E-state index is 12.2. The van der Waals surface area contributed by atoms with Crippen LogP contribution in [-0.2, 0) is 30.4 Å². The van der Waals surface area contributed by atoms with Crippen LogP contribution < -0.4 is 27.9 Å². The fourth-order valence-electron chi connectivity index (χ4n) is 4.70. The number of ether oxygens (including phenoxy) is 1. The zero-order valence-corrected chi connectivity index (χ0v) is 28.5. The maximum absolute atomic E-state index is 12.2. The van der Waals surface area contributed by atoms with Gasteiger partial charge in [0.1, 0.15) is 10.6 Å². The van der Waals surface area contributed by atoms with Gasteiger partial charge in [-0.15, -0.1) is 10.2 Å². The van der Waals surface area contributed by atoms with Crippen molar-refractivity contribution in [1.29, 1.82) is 0 Å². The van der Waals surface area contributed by atoms with Gasteiger partial charge in [0.05, 0.1) is 16.9 Å². The van der Waals surface area contributed by atoms with Crippen molar-refractivity contribution in [3.05, 3.63) is 109 Å². The normalized spacial score (nSPS) is 11.9. The van der Waals surface area contributed by atoms with E-state index in [4.69, 9.17) is 23.4 Å². The van der Waals surface area contributed by atoms with Crippen LogP contribution in [0.4, 0.5) is 0 Å². The summed E-state index contributed by atoms with van der Waals surface area (Å²) in [7, 11) is -17.3. The zero-order valence-electron chi connectivity index (χ0n) is 25.3. The van der Waals surface area contributed by atoms with Crippen molar-refractivity contribution >= 4 is 30.4 Å². The van der Waals surface area contributed by atoms with E-state index in [0.717, 1.165) is 0 Å². The third-order valence-electron chi connectivity index (χ3n) is 6.75. The van der Waals surface area contributed by atoms with Gasteiger partial charge in [0.2, 0.25) is 17.1 Å². The van der Waals surface area contributed by atoms with E-state index in [9.17, 15) is 38.9 Å². The van der Waals surface area contributed by atoms with Crippen LogP contribution in [0.1, 0.15) is 0 Å². The second-order valence-electron chi connectivity index (χ2n) is 9.90. The van der Waals surface area contributed by atoms with Gasteiger partial charge in [0.15, 0.2) is 0 Å². The average molecular weight is 772 g/mol. The molecule has 0 atom stereocenters. The lowest BCUT2D eigenvalue weighted by Crippen LogP contribution is -2.68. The van der Waals surface area contributed by atoms with Crippen molar-refractivity contribution in [1.82, 2.24) is 0 Å². The summed E-state index contributed by atoms with van der Waals surface area (Å²) in [5.74, 6) is -0.0754. The molecule has 16 nitrogen and oxygen atoms in total. The molecular formula is C30H26ClNO15S3. The third kappa shape index (κ3) is 10.1. The minimum absolute atomic E-state index is 0. The predicted octanol–water partition coefficient (Wildman–Crippen LogP) is -0.868. The third-order valence-corrected chi connectivity index (χ3v) is 9.36. The Morgan fingerprint density at radius 2 is 0.960 bits per heavy atom. The molecule has 5 aromatic rings. The molecule has 0 amide bonds. The Bertz CT molecular complexity index is 2210. The van der Waals surface area contributed by atoms with Crippen LogP contribution in [0.15, 0.2) is 124 Å². The first-order chi connectivity index (χ1) is 22.7. The van der Waals surface area contributed by atoms with Crippen molar-refractivity contribution in [3.8, 4) is 45.1 Å². The maximum Gasteiger partial charge on any atom is 0.298 e. The summed E-state index contributed by atoms with van der Waals surface area (Å²) >= 11 is 0. The fourth-order valence-corrected chi connectivity index (χ4v) is 6.34. The van der Waals surface area contributed by atoms with Crippen LogP contribution in [-0.4, -0.2) is 51.5 Å². The van der Waals surface area contributed by atoms with Gasteiger partial charge in [-0.3, -0.25) is 13.7 Å². The summed E-state index contributed by atoms with van der Waals surface area (Å²) in [5.41, 5.74) is 3.49. The monoisotopic (exact) mass is 771 g/mol. The number of aromatic nitrogens is 1. The van der Waals surface area contributed by atoms with Gasteiger partial charge < -0.3 is 10.2 Å². The molecular weight excluding hydrogens is 746 g/mol. The van der Waals surface area contributed by atoms with Gasteiger partial charge in [0.25, 0.3) is 30.4 Å². The van der Waals surface area contributed by atoms with Gasteiger partial charge in [0, 0.05) is 35.4 Å². The second-order valence-corrected chi connectivity index (χ2v) is 14.9. The summed E-state index contributed by atoms with van der Waals surface area (Å²) in [4.78, 5) is -1.11. The molecule has 5 N–H and O–H groups in total. The summed E-state index contributed by atoms with van der Waals surface area (Å²) in [6.07, 6.45) is 0. The minimum atomic E-state index is -4.94. The predicted molar refractivity (Wildman–Crippen MR) is 164 cm³/mol. The molecule has 0 unspecified atom stereocenters. The summed E-state index contributed by atoms with van der Waals surface area (Å²) in [6.45, 7) is 0. The molecule has 5 rings (SSSR count). The van der Waals surface area contributed by atoms with Crippen LogP contribution in [0.3, 0.4) is 0 Å². The molecule has 0 aliphatic carbocycles. The van der Waals surface area contributed by atoms with Gasteiger partial charge in [-0.1, -0.05) is 24.3 Å². The Morgan fingerprint density at radius 1 is 0.560 bits per heavy atom. The Morgan fingerprint density at radius 3 is 1.32 bits per heavy atom. The molecule has 0 aliphatic heterocycles. The van der Waals surface area contributed by atoms with E-state index >= 15 is 0 Å². The van der Waals surface area contributed by atoms with Crippen LogP contribution in [0.2, 0.25) is 0 Å². The van der Waals surface area contributed by atoms with E-state index in [1.54, 1.807) is 30.3 Å². The molecule has 0 saturated carbocycles. The molecule has 0 bridgehead atoms. The standard InChI is InChI=1S/C30H23NO10S3.ClHO4.H2O/c1-41-29-16-11-22(19-30(29)44(38,39)40)23-17-27(20-7-12-25(13-8-20)42(32,33)34)31(24-5-3-2-4-6-24)28(18-23)21-9-14-26(15-10-21)43(35,36)37;2-1(3,4)5;/h2-19H,1H3,(H2-,32,33,34,35,36,37,38,39,40);(H,2,3,4,5);1H2. The molecule has 0 aliphatic rings. The number of benzene rings is 4. The van der Waals surface area contributed by atoms with Gasteiger partial charge >= 0.3 is 0 Å². The van der Waals surface area contributed by atoms with E-state index in [-0.39, 0.29) is 21.0 Å². The van der Waals surface area contributed by atoms with Crippen LogP contribution in [0.5, 0.6) is 5.75 Å². The Labute approximate surface area is 288 Å². The van der Waals surface area contributed by atoms with Crippen molar-refractivity contribution in [2.24, 2.45) is 0 Å². The number of hydrogen-bond acceptors (Lipinski definition) is 11. The topological polar surface area (TPSA) is 300 Å². The van der Waals surface area contributed by atoms with Crippen LogP contribution in [0, 0.1) is 10.2 Å². The van der Waals surface area contributed by atoms with Crippen molar-refractivity contribution < 1.29 is 82.6 Å². The van der Waals surface area contributed by atoms with Crippen LogP contribution in [0.25, 0.3) is 39.3 Å². The molecule has 0 fully saturated rings. The summed E-state index contributed by atoms with van der Waals surface area (Å²) in [6, 6.07) is 27.6. The van der Waals surface area contributed by atoms with E-state index in [1.165, 1.54) is 67.8 Å². The van der Waals surface area contributed by atoms with Crippen molar-refractivity contribution in [2.45, 2.75) is 14.7 Å². The van der Waals surface area contributed by atoms with Gasteiger partial charge in [-0.2, -0.15) is 29.8 Å². The Balaban J connectivity index is 0.00000105. The zero-order chi connectivity index (χ0) is 36.4. The lowest BCUT2D eigenvalue weighted by molar-refractivity contribution is -2.00. The lowest BCUT2D eigenvalue weighted by atomic mass is 9.98. The van der Waals surface area contributed by atoms with Crippen molar-refractivity contribution in [3.63, 3.8) is 0 Å². The van der Waals surface area contributed by atoms with Crippen molar-refractivity contribution in [2.75, 3.05) is 7.11 Å². The quantitative estimate of drug-likeness (QED) is 0.128. The number of rotatable bonds is 8. The highest BCUT2D eigenvalue weighted by molar-refractivity contribution is 7.86. The highest BCUT2D eigenvalue weighted by atomic mass is 35.7. The fraction of sp³-hybridized carbons (Fsp3) is 0.0333. The number of para-hydroxylation sites is 1. The first-order valence-corrected chi connectivity index (χ1v) is 18.8. The number of nitrogens with zero attached hydrogens (tertiary/aromatic N) is 1. The van der Waals surface area contributed by atoms with E-state index in [0.29, 0.717) is 39.3 Å². The molecule has 4 aromatic carbocycles. The summed E-state index contributed by atoms with van der Waals surface area (Å²) < 4.78 is 141. The van der Waals surface area contributed by atoms with E-state index in [2.05, 4.69) is 0 Å². The van der Waals surface area contributed by atoms with E-state index in [1.807, 2.05) is 22.8 Å². The number of pyridine rings is 1. The molecule has 266 valence electrons. The molecule has 50 heavy (non-hydrogen) atoms.